The molecule has 0 saturated heterocycles. The SMILES string of the molecule is Cc1ccn(O)c(=S)c1C. The van der Waals surface area contributed by atoms with Crippen molar-refractivity contribution < 1.29 is 5.21 Å². The van der Waals surface area contributed by atoms with Gasteiger partial charge < -0.3 is 5.21 Å². The molecule has 2 nitrogen and oxygen atoms in total. The van der Waals surface area contributed by atoms with Crippen LogP contribution in [0.5, 0.6) is 0 Å². The minimum absolute atomic E-state index is 0.486. The van der Waals surface area contributed by atoms with Gasteiger partial charge in [-0.15, -0.1) is 0 Å². The Bertz CT molecular complexity index is 303. The van der Waals surface area contributed by atoms with Crippen LogP contribution < -0.4 is 0 Å². The van der Waals surface area contributed by atoms with Crippen LogP contribution in [0, 0.1) is 18.5 Å². The Labute approximate surface area is 64.7 Å². The highest BCUT2D eigenvalue weighted by molar-refractivity contribution is 7.71. The Morgan fingerprint density at radius 2 is 2.10 bits per heavy atom. The zero-order valence-corrected chi connectivity index (χ0v) is 6.77. The van der Waals surface area contributed by atoms with Gasteiger partial charge in [-0.3, -0.25) is 0 Å². The summed E-state index contributed by atoms with van der Waals surface area (Å²) in [5.74, 6) is 0. The molecule has 0 amide bonds. The molecule has 0 unspecified atom stereocenters. The Balaban J connectivity index is 3.50. The molecule has 0 spiro atoms. The molecule has 0 aromatic carbocycles. The van der Waals surface area contributed by atoms with Gasteiger partial charge in [-0.25, -0.2) is 0 Å². The normalized spacial score (nSPS) is 9.80. The van der Waals surface area contributed by atoms with Gasteiger partial charge in [0, 0.05) is 6.20 Å². The molecule has 3 heteroatoms. The number of pyridine rings is 1. The van der Waals surface area contributed by atoms with Crippen LogP contribution in [0.2, 0.25) is 0 Å². The Hall–Kier alpha value is -0.830. The van der Waals surface area contributed by atoms with Crippen LogP contribution >= 0.6 is 12.2 Å². The number of hydrogen-bond donors (Lipinski definition) is 1. The van der Waals surface area contributed by atoms with E-state index in [1.807, 2.05) is 19.9 Å². The Kier molecular flexibility index (Phi) is 1.76. The highest BCUT2D eigenvalue weighted by atomic mass is 32.1. The number of aromatic nitrogens is 1. The van der Waals surface area contributed by atoms with E-state index in [4.69, 9.17) is 17.4 Å². The van der Waals surface area contributed by atoms with Crippen molar-refractivity contribution in [3.63, 3.8) is 0 Å². The van der Waals surface area contributed by atoms with Crippen molar-refractivity contribution in [2.45, 2.75) is 13.8 Å². The van der Waals surface area contributed by atoms with Crippen LogP contribution in [-0.2, 0) is 0 Å². The molecular weight excluding hydrogens is 146 g/mol. The van der Waals surface area contributed by atoms with Crippen LogP contribution in [0.1, 0.15) is 11.1 Å². The lowest BCUT2D eigenvalue weighted by atomic mass is 10.2. The van der Waals surface area contributed by atoms with Gasteiger partial charge in [0.15, 0.2) is 0 Å². The number of hydrogen-bond acceptors (Lipinski definition) is 2. The van der Waals surface area contributed by atoms with E-state index >= 15 is 0 Å². The first-order chi connectivity index (χ1) is 4.63. The topological polar surface area (TPSA) is 25.2 Å². The number of rotatable bonds is 0. The summed E-state index contributed by atoms with van der Waals surface area (Å²) in [7, 11) is 0. The smallest absolute Gasteiger partial charge is 0.145 e. The second-order valence-corrected chi connectivity index (χ2v) is 2.66. The second-order valence-electron chi connectivity index (χ2n) is 2.27. The maximum atomic E-state index is 9.04. The summed E-state index contributed by atoms with van der Waals surface area (Å²) >= 11 is 4.89. The Morgan fingerprint density at radius 3 is 2.60 bits per heavy atom. The van der Waals surface area contributed by atoms with Gasteiger partial charge in [0.05, 0.1) is 0 Å². The first-order valence-corrected chi connectivity index (χ1v) is 3.42. The fourth-order valence-corrected chi connectivity index (χ4v) is 0.937. The third kappa shape index (κ3) is 1.04. The van der Waals surface area contributed by atoms with Crippen molar-refractivity contribution in [2.75, 3.05) is 0 Å². The fraction of sp³-hybridized carbons (Fsp3) is 0.286. The minimum atomic E-state index is 0.486. The summed E-state index contributed by atoms with van der Waals surface area (Å²) in [6.07, 6.45) is 1.55. The van der Waals surface area contributed by atoms with Gasteiger partial charge >= 0.3 is 0 Å². The summed E-state index contributed by atoms with van der Waals surface area (Å²) in [6, 6.07) is 1.82. The van der Waals surface area contributed by atoms with Crippen molar-refractivity contribution in [1.82, 2.24) is 4.73 Å². The van der Waals surface area contributed by atoms with E-state index in [0.29, 0.717) is 4.64 Å². The predicted molar refractivity (Wildman–Crippen MR) is 41.9 cm³/mol. The summed E-state index contributed by atoms with van der Waals surface area (Å²) < 4.78 is 1.44. The maximum absolute atomic E-state index is 9.04. The third-order valence-electron chi connectivity index (χ3n) is 1.59. The molecule has 1 aromatic rings. The largest absolute Gasteiger partial charge is 0.428 e. The number of nitrogens with zero attached hydrogens (tertiary/aromatic N) is 1. The van der Waals surface area contributed by atoms with E-state index in [1.165, 1.54) is 0 Å². The van der Waals surface area contributed by atoms with Gasteiger partial charge in [-0.05, 0) is 31.0 Å². The predicted octanol–water partition coefficient (Wildman–Crippen LogP) is 2.07. The molecule has 54 valence electrons. The van der Waals surface area contributed by atoms with Crippen LogP contribution in [0.15, 0.2) is 12.3 Å². The monoisotopic (exact) mass is 155 g/mol. The fourth-order valence-electron chi connectivity index (χ4n) is 0.716. The zero-order valence-electron chi connectivity index (χ0n) is 5.96. The van der Waals surface area contributed by atoms with E-state index in [1.54, 1.807) is 6.20 Å². The van der Waals surface area contributed by atoms with Gasteiger partial charge in [0.2, 0.25) is 0 Å². The molecule has 0 aliphatic carbocycles. The number of aryl methyl sites for hydroxylation is 1. The molecule has 1 heterocycles. The van der Waals surface area contributed by atoms with Gasteiger partial charge in [-0.1, -0.05) is 12.2 Å². The second kappa shape index (κ2) is 2.42. The summed E-state index contributed by atoms with van der Waals surface area (Å²) in [5.41, 5.74) is 2.07. The first kappa shape index (κ1) is 7.28. The van der Waals surface area contributed by atoms with E-state index in [0.717, 1.165) is 15.9 Å². The lowest BCUT2D eigenvalue weighted by Gasteiger charge is -2.01. The van der Waals surface area contributed by atoms with Crippen LogP contribution in [0.3, 0.4) is 0 Å². The van der Waals surface area contributed by atoms with Gasteiger partial charge in [-0.2, -0.15) is 4.73 Å². The van der Waals surface area contributed by atoms with E-state index in [-0.39, 0.29) is 0 Å². The van der Waals surface area contributed by atoms with Crippen molar-refractivity contribution >= 4 is 12.2 Å². The van der Waals surface area contributed by atoms with Crippen molar-refractivity contribution in [3.05, 3.63) is 28.0 Å². The molecule has 0 aliphatic rings. The zero-order chi connectivity index (χ0) is 7.72. The molecule has 1 aromatic heterocycles. The van der Waals surface area contributed by atoms with E-state index in [9.17, 15) is 0 Å². The van der Waals surface area contributed by atoms with Crippen LogP contribution in [-0.4, -0.2) is 9.94 Å². The summed E-state index contributed by atoms with van der Waals surface area (Å²) in [5, 5.41) is 9.04. The van der Waals surface area contributed by atoms with Gasteiger partial charge in [0.1, 0.15) is 4.64 Å². The van der Waals surface area contributed by atoms with Crippen LogP contribution in [0.25, 0.3) is 0 Å². The average molecular weight is 155 g/mol. The van der Waals surface area contributed by atoms with E-state index < -0.39 is 0 Å². The molecule has 0 bridgehead atoms. The van der Waals surface area contributed by atoms with Crippen molar-refractivity contribution in [2.24, 2.45) is 0 Å². The first-order valence-electron chi connectivity index (χ1n) is 3.01. The average Bonchev–Trinajstić information content (AvgIpc) is 1.93. The molecule has 0 aliphatic heterocycles. The highest BCUT2D eigenvalue weighted by Crippen LogP contribution is 2.06. The molecule has 0 radical (unpaired) electrons. The molecule has 0 atom stereocenters. The lowest BCUT2D eigenvalue weighted by Crippen LogP contribution is -1.96. The summed E-state index contributed by atoms with van der Waals surface area (Å²) in [4.78, 5) is 0. The Morgan fingerprint density at radius 1 is 1.50 bits per heavy atom. The highest BCUT2D eigenvalue weighted by Gasteiger charge is 1.95. The van der Waals surface area contributed by atoms with Crippen molar-refractivity contribution in [3.8, 4) is 0 Å². The van der Waals surface area contributed by atoms with Gasteiger partial charge in [0.25, 0.3) is 0 Å². The summed E-state index contributed by atoms with van der Waals surface area (Å²) in [6.45, 7) is 3.86. The molecule has 0 fully saturated rings. The molecular formula is C7H9NOS. The minimum Gasteiger partial charge on any atom is -0.428 e. The van der Waals surface area contributed by atoms with Crippen LogP contribution in [0.4, 0.5) is 0 Å². The quantitative estimate of drug-likeness (QED) is 0.458. The van der Waals surface area contributed by atoms with E-state index in [2.05, 4.69) is 0 Å². The third-order valence-corrected chi connectivity index (χ3v) is 2.08. The molecule has 10 heavy (non-hydrogen) atoms. The maximum Gasteiger partial charge on any atom is 0.145 e. The molecule has 1 N–H and O–H groups in total. The standard InChI is InChI=1S/C7H9NOS/c1-5-3-4-8(9)7(10)6(5)2/h3-4,9H,1-2H3. The lowest BCUT2D eigenvalue weighted by molar-refractivity contribution is 0.179. The van der Waals surface area contributed by atoms with Crippen molar-refractivity contribution in [1.29, 1.82) is 0 Å². The molecule has 0 saturated carbocycles. The molecule has 1 rings (SSSR count).